The van der Waals surface area contributed by atoms with E-state index in [0.717, 1.165) is 31.7 Å². The van der Waals surface area contributed by atoms with E-state index in [4.69, 9.17) is 0 Å². The molecular formula is C9H15F2NS. The summed E-state index contributed by atoms with van der Waals surface area (Å²) in [5, 5.41) is 3.24. The number of piperidine rings is 1. The van der Waals surface area contributed by atoms with E-state index in [1.807, 2.05) is 0 Å². The van der Waals surface area contributed by atoms with Crippen molar-refractivity contribution in [2.24, 2.45) is 5.92 Å². The smallest absolute Gasteiger partial charge is 0.242 e. The first-order valence-corrected chi connectivity index (χ1v) is 5.86. The van der Waals surface area contributed by atoms with Crippen molar-refractivity contribution >= 4 is 11.8 Å². The summed E-state index contributed by atoms with van der Waals surface area (Å²) in [5.41, 5.74) is 0. The molecule has 1 nitrogen and oxygen atoms in total. The molecule has 0 aromatic carbocycles. The van der Waals surface area contributed by atoms with E-state index in [2.05, 4.69) is 5.32 Å². The Morgan fingerprint density at radius 3 is 2.62 bits per heavy atom. The monoisotopic (exact) mass is 207 g/mol. The van der Waals surface area contributed by atoms with E-state index < -0.39 is 6.43 Å². The number of nitrogens with one attached hydrogen (secondary N) is 1. The first-order valence-electron chi connectivity index (χ1n) is 4.87. The van der Waals surface area contributed by atoms with Crippen LogP contribution in [0.4, 0.5) is 8.78 Å². The summed E-state index contributed by atoms with van der Waals surface area (Å²) in [6.07, 6.45) is 0.440. The van der Waals surface area contributed by atoms with Crippen LogP contribution in [0.5, 0.6) is 0 Å². The Kier molecular flexibility index (Phi) is 2.79. The van der Waals surface area contributed by atoms with E-state index in [1.165, 1.54) is 0 Å². The van der Waals surface area contributed by atoms with Gasteiger partial charge in [0.25, 0.3) is 0 Å². The minimum absolute atomic E-state index is 0.0839. The molecule has 2 aliphatic heterocycles. The van der Waals surface area contributed by atoms with Gasteiger partial charge in [0.2, 0.25) is 6.43 Å². The molecule has 13 heavy (non-hydrogen) atoms. The molecule has 2 saturated heterocycles. The molecule has 0 aromatic heterocycles. The zero-order valence-corrected chi connectivity index (χ0v) is 8.38. The number of hydrogen-bond donors (Lipinski definition) is 1. The van der Waals surface area contributed by atoms with Crippen molar-refractivity contribution in [1.82, 2.24) is 5.32 Å². The molecule has 76 valence electrons. The van der Waals surface area contributed by atoms with Gasteiger partial charge in [-0.05, 0) is 38.1 Å². The molecule has 0 aliphatic carbocycles. The molecule has 1 spiro atoms. The van der Waals surface area contributed by atoms with Crippen LogP contribution in [0.15, 0.2) is 0 Å². The van der Waals surface area contributed by atoms with Crippen LogP contribution >= 0.6 is 11.8 Å². The summed E-state index contributed by atoms with van der Waals surface area (Å²) >= 11 is 1.78. The van der Waals surface area contributed by atoms with Crippen molar-refractivity contribution < 1.29 is 8.78 Å². The van der Waals surface area contributed by atoms with Gasteiger partial charge in [0, 0.05) is 10.7 Å². The lowest BCUT2D eigenvalue weighted by Crippen LogP contribution is -2.44. The fourth-order valence-corrected chi connectivity index (χ4v) is 4.19. The average molecular weight is 207 g/mol. The predicted molar refractivity (Wildman–Crippen MR) is 51.4 cm³/mol. The third kappa shape index (κ3) is 1.71. The highest BCUT2D eigenvalue weighted by atomic mass is 32.2. The second-order valence-electron chi connectivity index (χ2n) is 3.89. The Hall–Kier alpha value is 0.170. The molecule has 1 atom stereocenters. The SMILES string of the molecule is FC(F)C1CCSC12CCNCC2. The minimum atomic E-state index is -2.12. The Balaban J connectivity index is 2.09. The van der Waals surface area contributed by atoms with Crippen molar-refractivity contribution in [2.45, 2.75) is 30.4 Å². The topological polar surface area (TPSA) is 12.0 Å². The molecule has 2 rings (SSSR count). The first-order chi connectivity index (χ1) is 6.25. The fraction of sp³-hybridized carbons (Fsp3) is 1.00. The summed E-state index contributed by atoms with van der Waals surface area (Å²) in [6, 6.07) is 0. The average Bonchev–Trinajstić information content (AvgIpc) is 2.50. The van der Waals surface area contributed by atoms with E-state index in [-0.39, 0.29) is 10.7 Å². The largest absolute Gasteiger partial charge is 0.317 e. The van der Waals surface area contributed by atoms with Crippen LogP contribution in [0.3, 0.4) is 0 Å². The van der Waals surface area contributed by atoms with Gasteiger partial charge in [-0.15, -0.1) is 0 Å². The predicted octanol–water partition coefficient (Wildman–Crippen LogP) is 2.13. The van der Waals surface area contributed by atoms with Gasteiger partial charge in [-0.25, -0.2) is 8.78 Å². The van der Waals surface area contributed by atoms with Crippen LogP contribution in [0.25, 0.3) is 0 Å². The standard InChI is InChI=1S/C9H15F2NS/c10-8(11)7-1-6-13-9(7)2-4-12-5-3-9/h7-8,12H,1-6H2. The lowest BCUT2D eigenvalue weighted by atomic mass is 9.83. The second kappa shape index (κ2) is 3.73. The summed E-state index contributed by atoms with van der Waals surface area (Å²) in [4.78, 5) is 0. The highest BCUT2D eigenvalue weighted by Gasteiger charge is 2.48. The van der Waals surface area contributed by atoms with Gasteiger partial charge in [0.15, 0.2) is 0 Å². The zero-order chi connectivity index (χ0) is 9.31. The van der Waals surface area contributed by atoms with Gasteiger partial charge in [-0.2, -0.15) is 11.8 Å². The van der Waals surface area contributed by atoms with Gasteiger partial charge in [0.1, 0.15) is 0 Å². The van der Waals surface area contributed by atoms with Gasteiger partial charge >= 0.3 is 0 Å². The Bertz CT molecular complexity index is 180. The maximum atomic E-state index is 12.7. The van der Waals surface area contributed by atoms with E-state index in [1.54, 1.807) is 11.8 Å². The van der Waals surface area contributed by atoms with Crippen LogP contribution in [-0.4, -0.2) is 30.0 Å². The highest BCUT2D eigenvalue weighted by molar-refractivity contribution is 8.00. The molecule has 0 radical (unpaired) electrons. The van der Waals surface area contributed by atoms with Crippen molar-refractivity contribution in [3.63, 3.8) is 0 Å². The van der Waals surface area contributed by atoms with Crippen LogP contribution in [0.2, 0.25) is 0 Å². The molecule has 1 unspecified atom stereocenters. The molecule has 2 fully saturated rings. The first kappa shape index (κ1) is 9.71. The summed E-state index contributed by atoms with van der Waals surface area (Å²) in [5.74, 6) is 0.578. The Labute approximate surface area is 81.7 Å². The Morgan fingerprint density at radius 1 is 1.31 bits per heavy atom. The third-order valence-corrected chi connectivity index (χ3v) is 4.97. The lowest BCUT2D eigenvalue weighted by Gasteiger charge is -2.38. The maximum Gasteiger partial charge on any atom is 0.242 e. The van der Waals surface area contributed by atoms with Crippen molar-refractivity contribution in [1.29, 1.82) is 0 Å². The van der Waals surface area contributed by atoms with Gasteiger partial charge in [-0.1, -0.05) is 0 Å². The fourth-order valence-electron chi connectivity index (χ4n) is 2.48. The molecule has 1 N–H and O–H groups in total. The number of thioether (sulfide) groups is 1. The van der Waals surface area contributed by atoms with E-state index in [9.17, 15) is 8.78 Å². The molecule has 2 aliphatic rings. The number of halogens is 2. The summed E-state index contributed by atoms with van der Waals surface area (Å²) < 4.78 is 25.4. The molecule has 0 bridgehead atoms. The second-order valence-corrected chi connectivity index (χ2v) is 5.40. The summed E-state index contributed by atoms with van der Waals surface area (Å²) in [7, 11) is 0. The van der Waals surface area contributed by atoms with Crippen molar-refractivity contribution in [3.8, 4) is 0 Å². The van der Waals surface area contributed by atoms with Crippen LogP contribution < -0.4 is 5.32 Å². The van der Waals surface area contributed by atoms with E-state index in [0.29, 0.717) is 6.42 Å². The quantitative estimate of drug-likeness (QED) is 0.707. The van der Waals surface area contributed by atoms with Crippen LogP contribution in [0.1, 0.15) is 19.3 Å². The minimum Gasteiger partial charge on any atom is -0.317 e. The molecule has 2 heterocycles. The van der Waals surface area contributed by atoms with Crippen molar-refractivity contribution in [2.75, 3.05) is 18.8 Å². The molecule has 0 amide bonds. The van der Waals surface area contributed by atoms with Crippen molar-refractivity contribution in [3.05, 3.63) is 0 Å². The molecule has 0 aromatic rings. The lowest BCUT2D eigenvalue weighted by molar-refractivity contribution is 0.0500. The normalized spacial score (nSPS) is 33.0. The van der Waals surface area contributed by atoms with Crippen LogP contribution in [-0.2, 0) is 0 Å². The molecular weight excluding hydrogens is 192 g/mol. The maximum absolute atomic E-state index is 12.7. The number of rotatable bonds is 1. The van der Waals surface area contributed by atoms with Gasteiger partial charge < -0.3 is 5.32 Å². The zero-order valence-electron chi connectivity index (χ0n) is 7.56. The highest BCUT2D eigenvalue weighted by Crippen LogP contribution is 2.50. The number of alkyl halides is 2. The van der Waals surface area contributed by atoms with Gasteiger partial charge in [-0.3, -0.25) is 0 Å². The third-order valence-electron chi connectivity index (χ3n) is 3.25. The Morgan fingerprint density at radius 2 is 2.00 bits per heavy atom. The van der Waals surface area contributed by atoms with Gasteiger partial charge in [0.05, 0.1) is 0 Å². The number of hydrogen-bond acceptors (Lipinski definition) is 2. The summed E-state index contributed by atoms with van der Waals surface area (Å²) in [6.45, 7) is 1.83. The molecule has 0 saturated carbocycles. The molecule has 4 heteroatoms. The van der Waals surface area contributed by atoms with Crippen LogP contribution in [0, 0.1) is 5.92 Å². The van der Waals surface area contributed by atoms with E-state index >= 15 is 0 Å².